The highest BCUT2D eigenvalue weighted by atomic mass is 16.3. The van der Waals surface area contributed by atoms with E-state index in [9.17, 15) is 4.79 Å². The van der Waals surface area contributed by atoms with E-state index in [4.69, 9.17) is 4.42 Å². The van der Waals surface area contributed by atoms with Gasteiger partial charge in [0, 0.05) is 17.5 Å². The standard InChI is InChI=1S/C21H21NO2/c1-21(2)12-18(17-10-11-24-19(17)13-21)22-20(23)16-9-5-7-14-6-3-4-8-15(14)16/h3-11,18H,12-13H2,1-2H3,(H,22,23). The van der Waals surface area contributed by atoms with Crippen molar-refractivity contribution in [1.29, 1.82) is 0 Å². The molecule has 1 aromatic heterocycles. The molecule has 1 aliphatic rings. The molecule has 0 saturated carbocycles. The van der Waals surface area contributed by atoms with Crippen LogP contribution in [-0.2, 0) is 6.42 Å². The summed E-state index contributed by atoms with van der Waals surface area (Å²) in [6.45, 7) is 4.44. The molecule has 3 nitrogen and oxygen atoms in total. The number of rotatable bonds is 2. The molecule has 1 amide bonds. The molecule has 1 atom stereocenters. The van der Waals surface area contributed by atoms with E-state index in [0.29, 0.717) is 0 Å². The highest BCUT2D eigenvalue weighted by Gasteiger charge is 2.35. The molecule has 0 aliphatic heterocycles. The van der Waals surface area contributed by atoms with Crippen molar-refractivity contribution in [3.05, 3.63) is 71.7 Å². The number of fused-ring (bicyclic) bond motifs is 2. The molecule has 3 heteroatoms. The molecule has 0 bridgehead atoms. The maximum absolute atomic E-state index is 12.9. The number of carbonyl (C=O) groups excluding carboxylic acids is 1. The van der Waals surface area contributed by atoms with Crippen molar-refractivity contribution in [2.45, 2.75) is 32.7 Å². The van der Waals surface area contributed by atoms with Crippen molar-refractivity contribution < 1.29 is 9.21 Å². The maximum Gasteiger partial charge on any atom is 0.252 e. The highest BCUT2D eigenvalue weighted by Crippen LogP contribution is 2.41. The Labute approximate surface area is 141 Å². The predicted octanol–water partition coefficient (Wildman–Crippen LogP) is 4.88. The van der Waals surface area contributed by atoms with E-state index in [2.05, 4.69) is 19.2 Å². The number of amides is 1. The third kappa shape index (κ3) is 2.60. The summed E-state index contributed by atoms with van der Waals surface area (Å²) in [6, 6.07) is 15.8. The minimum Gasteiger partial charge on any atom is -0.469 e. The highest BCUT2D eigenvalue weighted by molar-refractivity contribution is 6.07. The first-order chi connectivity index (χ1) is 11.5. The van der Waals surface area contributed by atoms with Gasteiger partial charge in [-0.25, -0.2) is 0 Å². The molecule has 0 fully saturated rings. The Morgan fingerprint density at radius 1 is 1.12 bits per heavy atom. The Balaban J connectivity index is 1.67. The van der Waals surface area contributed by atoms with Crippen LogP contribution in [0, 0.1) is 5.41 Å². The Kier molecular flexibility index (Phi) is 3.45. The van der Waals surface area contributed by atoms with Gasteiger partial charge < -0.3 is 9.73 Å². The first kappa shape index (κ1) is 15.0. The Hall–Kier alpha value is -2.55. The third-order valence-corrected chi connectivity index (χ3v) is 4.89. The lowest BCUT2D eigenvalue weighted by Gasteiger charge is -2.34. The lowest BCUT2D eigenvalue weighted by molar-refractivity contribution is 0.0919. The Morgan fingerprint density at radius 2 is 1.92 bits per heavy atom. The van der Waals surface area contributed by atoms with Gasteiger partial charge in [0.05, 0.1) is 12.3 Å². The van der Waals surface area contributed by atoms with Gasteiger partial charge in [-0.2, -0.15) is 0 Å². The van der Waals surface area contributed by atoms with Gasteiger partial charge in [0.25, 0.3) is 5.91 Å². The first-order valence-electron chi connectivity index (χ1n) is 8.38. The summed E-state index contributed by atoms with van der Waals surface area (Å²) in [4.78, 5) is 12.9. The Morgan fingerprint density at radius 3 is 2.79 bits per heavy atom. The lowest BCUT2D eigenvalue weighted by Crippen LogP contribution is -2.36. The van der Waals surface area contributed by atoms with Crippen molar-refractivity contribution in [3.63, 3.8) is 0 Å². The molecule has 1 aliphatic carbocycles. The molecule has 1 N–H and O–H groups in total. The minimum atomic E-state index is -0.0262. The van der Waals surface area contributed by atoms with E-state index < -0.39 is 0 Å². The second-order valence-corrected chi connectivity index (χ2v) is 7.40. The lowest BCUT2D eigenvalue weighted by atomic mass is 9.74. The average Bonchev–Trinajstić information content (AvgIpc) is 3.01. The van der Waals surface area contributed by atoms with E-state index in [-0.39, 0.29) is 17.4 Å². The summed E-state index contributed by atoms with van der Waals surface area (Å²) >= 11 is 0. The molecule has 2 aromatic carbocycles. The van der Waals surface area contributed by atoms with Crippen LogP contribution in [0.25, 0.3) is 10.8 Å². The van der Waals surface area contributed by atoms with Crippen LogP contribution in [0.4, 0.5) is 0 Å². The predicted molar refractivity (Wildman–Crippen MR) is 95.0 cm³/mol. The monoisotopic (exact) mass is 319 g/mol. The first-order valence-corrected chi connectivity index (χ1v) is 8.38. The van der Waals surface area contributed by atoms with E-state index in [1.165, 1.54) is 0 Å². The van der Waals surface area contributed by atoms with Gasteiger partial charge in [-0.15, -0.1) is 0 Å². The fourth-order valence-corrected chi connectivity index (χ4v) is 3.76. The van der Waals surface area contributed by atoms with Gasteiger partial charge in [0.2, 0.25) is 0 Å². The van der Waals surface area contributed by atoms with Crippen LogP contribution in [0.5, 0.6) is 0 Å². The summed E-state index contributed by atoms with van der Waals surface area (Å²) in [5.41, 5.74) is 1.95. The van der Waals surface area contributed by atoms with Gasteiger partial charge in [-0.3, -0.25) is 4.79 Å². The molecular formula is C21H21NO2. The van der Waals surface area contributed by atoms with E-state index in [0.717, 1.165) is 40.5 Å². The number of furan rings is 1. The topological polar surface area (TPSA) is 42.2 Å². The summed E-state index contributed by atoms with van der Waals surface area (Å²) in [5.74, 6) is 0.969. The molecule has 0 saturated heterocycles. The second-order valence-electron chi connectivity index (χ2n) is 7.40. The number of benzene rings is 2. The van der Waals surface area contributed by atoms with Crippen molar-refractivity contribution in [3.8, 4) is 0 Å². The van der Waals surface area contributed by atoms with Crippen molar-refractivity contribution in [2.75, 3.05) is 0 Å². The van der Waals surface area contributed by atoms with Crippen LogP contribution in [-0.4, -0.2) is 5.91 Å². The van der Waals surface area contributed by atoms with E-state index in [1.54, 1.807) is 6.26 Å². The molecule has 0 radical (unpaired) electrons. The smallest absolute Gasteiger partial charge is 0.252 e. The summed E-state index contributed by atoms with van der Waals surface area (Å²) < 4.78 is 5.63. The van der Waals surface area contributed by atoms with Crippen LogP contribution in [0.1, 0.15) is 48.0 Å². The van der Waals surface area contributed by atoms with Crippen LogP contribution >= 0.6 is 0 Å². The van der Waals surface area contributed by atoms with Gasteiger partial charge in [0.15, 0.2) is 0 Å². The van der Waals surface area contributed by atoms with Crippen molar-refractivity contribution in [1.82, 2.24) is 5.32 Å². The molecule has 122 valence electrons. The summed E-state index contributed by atoms with van der Waals surface area (Å²) in [5, 5.41) is 5.29. The second kappa shape index (κ2) is 5.52. The molecule has 1 heterocycles. The summed E-state index contributed by atoms with van der Waals surface area (Å²) in [6.07, 6.45) is 3.55. The fourth-order valence-electron chi connectivity index (χ4n) is 3.76. The normalized spacial score (nSPS) is 19.0. The molecule has 1 unspecified atom stereocenters. The number of hydrogen-bond donors (Lipinski definition) is 1. The largest absolute Gasteiger partial charge is 0.469 e. The molecule has 4 rings (SSSR count). The van der Waals surface area contributed by atoms with Gasteiger partial charge in [-0.05, 0) is 34.7 Å². The van der Waals surface area contributed by atoms with Gasteiger partial charge in [-0.1, -0.05) is 50.2 Å². The van der Waals surface area contributed by atoms with E-state index >= 15 is 0 Å². The zero-order chi connectivity index (χ0) is 16.7. The Bertz CT molecular complexity index is 902. The summed E-state index contributed by atoms with van der Waals surface area (Å²) in [7, 11) is 0. The molecule has 24 heavy (non-hydrogen) atoms. The molecule has 0 spiro atoms. The van der Waals surface area contributed by atoms with Gasteiger partial charge >= 0.3 is 0 Å². The van der Waals surface area contributed by atoms with Crippen LogP contribution < -0.4 is 5.32 Å². The average molecular weight is 319 g/mol. The zero-order valence-corrected chi connectivity index (χ0v) is 14.0. The minimum absolute atomic E-state index is 0.00558. The van der Waals surface area contributed by atoms with Gasteiger partial charge in [0.1, 0.15) is 5.76 Å². The van der Waals surface area contributed by atoms with Crippen molar-refractivity contribution >= 4 is 16.7 Å². The quantitative estimate of drug-likeness (QED) is 0.731. The van der Waals surface area contributed by atoms with Crippen LogP contribution in [0.3, 0.4) is 0 Å². The fraction of sp³-hybridized carbons (Fsp3) is 0.286. The van der Waals surface area contributed by atoms with Crippen molar-refractivity contribution in [2.24, 2.45) is 5.41 Å². The van der Waals surface area contributed by atoms with Crippen LogP contribution in [0.15, 0.2) is 59.2 Å². The number of hydrogen-bond acceptors (Lipinski definition) is 2. The SMILES string of the molecule is CC1(C)Cc2occc2C(NC(=O)c2cccc3ccccc23)C1. The maximum atomic E-state index is 12.9. The zero-order valence-electron chi connectivity index (χ0n) is 14.0. The number of carbonyl (C=O) groups is 1. The number of nitrogens with one attached hydrogen (secondary N) is 1. The molecular weight excluding hydrogens is 298 g/mol. The third-order valence-electron chi connectivity index (χ3n) is 4.89. The van der Waals surface area contributed by atoms with E-state index in [1.807, 2.05) is 48.5 Å². The van der Waals surface area contributed by atoms with Crippen LogP contribution in [0.2, 0.25) is 0 Å². The molecule has 3 aromatic rings.